The number of aromatic nitrogens is 5. The van der Waals surface area contributed by atoms with Crippen LogP contribution in [0.4, 0.5) is 0 Å². The minimum Gasteiger partial charge on any atom is -0.355 e. The van der Waals surface area contributed by atoms with E-state index in [-0.39, 0.29) is 24.7 Å². The van der Waals surface area contributed by atoms with Crippen LogP contribution >= 0.6 is 27.5 Å². The maximum Gasteiger partial charge on any atom is 0.274 e. The zero-order chi connectivity index (χ0) is 27.0. The van der Waals surface area contributed by atoms with Gasteiger partial charge in [-0.15, -0.1) is 5.10 Å². The van der Waals surface area contributed by atoms with Gasteiger partial charge in [-0.05, 0) is 64.5 Å². The zero-order valence-corrected chi connectivity index (χ0v) is 22.5. The van der Waals surface area contributed by atoms with E-state index in [4.69, 9.17) is 16.1 Å². The van der Waals surface area contributed by atoms with E-state index in [2.05, 4.69) is 41.9 Å². The molecule has 5 aromatic rings. The molecule has 1 aliphatic rings. The molecule has 12 heteroatoms. The van der Waals surface area contributed by atoms with Crippen molar-refractivity contribution in [2.45, 2.75) is 5.54 Å². The average molecular weight is 605 g/mol. The van der Waals surface area contributed by atoms with Crippen LogP contribution in [0.2, 0.25) is 5.02 Å². The van der Waals surface area contributed by atoms with Crippen molar-refractivity contribution >= 4 is 39.3 Å². The van der Waals surface area contributed by atoms with Crippen molar-refractivity contribution in [1.29, 1.82) is 0 Å². The summed E-state index contributed by atoms with van der Waals surface area (Å²) in [5, 5.41) is 18.9. The van der Waals surface area contributed by atoms with E-state index in [0.717, 1.165) is 15.6 Å². The third-order valence-corrected chi connectivity index (χ3v) is 7.34. The molecule has 10 nitrogen and oxygen atoms in total. The number of benzene rings is 3. The van der Waals surface area contributed by atoms with Gasteiger partial charge < -0.3 is 14.7 Å². The van der Waals surface area contributed by atoms with Crippen LogP contribution in [0.15, 0.2) is 94.2 Å². The van der Waals surface area contributed by atoms with Crippen LogP contribution in [0.1, 0.15) is 26.4 Å². The second-order valence-corrected chi connectivity index (χ2v) is 10.4. The van der Waals surface area contributed by atoms with Crippen LogP contribution in [-0.4, -0.2) is 55.2 Å². The summed E-state index contributed by atoms with van der Waals surface area (Å²) in [6, 6.07) is 23.4. The lowest BCUT2D eigenvalue weighted by atomic mass is 9.81. The largest absolute Gasteiger partial charge is 0.355 e. The highest BCUT2D eigenvalue weighted by molar-refractivity contribution is 9.10. The number of halogens is 2. The zero-order valence-electron chi connectivity index (χ0n) is 20.2. The summed E-state index contributed by atoms with van der Waals surface area (Å²) in [5.41, 5.74) is 1.93. The standard InChI is InChI=1S/C27H19BrClN7O3/c28-19-9-7-18(8-10-19)27(31-25(37)22-13-24(39-32-22)17-5-11-20(29)12-6-17)14-35(15-27)26(38)21-3-1-2-4-23(21)36-16-30-33-34-36/h1-13,16H,14-15H2,(H,31,37). The van der Waals surface area contributed by atoms with Gasteiger partial charge in [0.25, 0.3) is 11.8 Å². The summed E-state index contributed by atoms with van der Waals surface area (Å²) in [4.78, 5) is 28.6. The Bertz CT molecular complexity index is 1650. The second kappa shape index (κ2) is 10.1. The van der Waals surface area contributed by atoms with Crippen molar-refractivity contribution in [3.63, 3.8) is 0 Å². The second-order valence-electron chi connectivity index (χ2n) is 9.06. The molecule has 1 aliphatic heterocycles. The first-order chi connectivity index (χ1) is 18.9. The van der Waals surface area contributed by atoms with Gasteiger partial charge in [0.1, 0.15) is 11.9 Å². The van der Waals surface area contributed by atoms with E-state index in [1.165, 1.54) is 11.0 Å². The summed E-state index contributed by atoms with van der Waals surface area (Å²) in [6.45, 7) is 0.510. The lowest BCUT2D eigenvalue weighted by Crippen LogP contribution is -2.69. The number of amides is 2. The predicted octanol–water partition coefficient (Wildman–Crippen LogP) is 4.51. The van der Waals surface area contributed by atoms with E-state index in [0.29, 0.717) is 22.0 Å². The Hall–Kier alpha value is -4.35. The van der Waals surface area contributed by atoms with Crippen LogP contribution in [-0.2, 0) is 5.54 Å². The van der Waals surface area contributed by atoms with Crippen molar-refractivity contribution < 1.29 is 14.1 Å². The Morgan fingerprint density at radius 2 is 1.74 bits per heavy atom. The van der Waals surface area contributed by atoms with Gasteiger partial charge in [-0.25, -0.2) is 0 Å². The number of likely N-dealkylation sites (tertiary alicyclic amines) is 1. The van der Waals surface area contributed by atoms with E-state index in [9.17, 15) is 9.59 Å². The molecule has 39 heavy (non-hydrogen) atoms. The highest BCUT2D eigenvalue weighted by atomic mass is 79.9. The van der Waals surface area contributed by atoms with Crippen molar-refractivity contribution in [1.82, 2.24) is 35.6 Å². The summed E-state index contributed by atoms with van der Waals surface area (Å²) >= 11 is 9.43. The number of hydrogen-bond donors (Lipinski definition) is 1. The fourth-order valence-corrected chi connectivity index (χ4v) is 4.95. The number of nitrogens with one attached hydrogen (secondary N) is 1. The van der Waals surface area contributed by atoms with Gasteiger partial charge in [0.05, 0.1) is 24.3 Å². The van der Waals surface area contributed by atoms with Gasteiger partial charge in [0, 0.05) is 21.1 Å². The Morgan fingerprint density at radius 3 is 2.46 bits per heavy atom. The minimum absolute atomic E-state index is 0.130. The van der Waals surface area contributed by atoms with Gasteiger partial charge in [-0.1, -0.05) is 57.0 Å². The van der Waals surface area contributed by atoms with E-state index < -0.39 is 11.4 Å². The van der Waals surface area contributed by atoms with E-state index in [1.54, 1.807) is 53.4 Å². The molecular weight excluding hydrogens is 586 g/mol. The number of rotatable bonds is 6. The predicted molar refractivity (Wildman–Crippen MR) is 145 cm³/mol. The van der Waals surface area contributed by atoms with Crippen LogP contribution in [0, 0.1) is 0 Å². The molecule has 1 fully saturated rings. The molecule has 1 N–H and O–H groups in total. The molecule has 2 amide bonds. The molecule has 2 aromatic heterocycles. The van der Waals surface area contributed by atoms with Crippen molar-refractivity contribution in [2.24, 2.45) is 0 Å². The van der Waals surface area contributed by atoms with Crippen LogP contribution in [0.3, 0.4) is 0 Å². The summed E-state index contributed by atoms with van der Waals surface area (Å²) < 4.78 is 7.77. The molecule has 6 rings (SSSR count). The lowest BCUT2D eigenvalue weighted by Gasteiger charge is -2.50. The number of carbonyl (C=O) groups excluding carboxylic acids is 2. The van der Waals surface area contributed by atoms with Crippen LogP contribution < -0.4 is 5.32 Å². The first kappa shape index (κ1) is 25.0. The fraction of sp³-hybridized carbons (Fsp3) is 0.111. The summed E-state index contributed by atoms with van der Waals surface area (Å²) in [6.07, 6.45) is 1.44. The van der Waals surface area contributed by atoms with E-state index >= 15 is 0 Å². The highest BCUT2D eigenvalue weighted by Gasteiger charge is 2.48. The highest BCUT2D eigenvalue weighted by Crippen LogP contribution is 2.35. The number of tetrazole rings is 1. The van der Waals surface area contributed by atoms with Crippen LogP contribution in [0.5, 0.6) is 0 Å². The van der Waals surface area contributed by atoms with Gasteiger partial charge >= 0.3 is 0 Å². The molecule has 0 spiro atoms. The molecule has 0 radical (unpaired) electrons. The maximum absolute atomic E-state index is 13.5. The van der Waals surface area contributed by atoms with Crippen molar-refractivity contribution in [3.05, 3.63) is 112 Å². The molecule has 194 valence electrons. The van der Waals surface area contributed by atoms with Crippen molar-refractivity contribution in [3.8, 4) is 17.0 Å². The summed E-state index contributed by atoms with van der Waals surface area (Å²) in [5.74, 6) is -0.170. The molecule has 0 atom stereocenters. The van der Waals surface area contributed by atoms with Crippen molar-refractivity contribution in [2.75, 3.05) is 13.1 Å². The molecule has 3 aromatic carbocycles. The molecule has 0 aliphatic carbocycles. The topological polar surface area (TPSA) is 119 Å². The van der Waals surface area contributed by atoms with Crippen LogP contribution in [0.25, 0.3) is 17.0 Å². The number of carbonyl (C=O) groups is 2. The third-order valence-electron chi connectivity index (χ3n) is 6.56. The first-order valence-corrected chi connectivity index (χ1v) is 13.0. The quantitative estimate of drug-likeness (QED) is 0.303. The van der Waals surface area contributed by atoms with Gasteiger partial charge in [0.15, 0.2) is 11.5 Å². The average Bonchev–Trinajstić information content (AvgIpc) is 3.64. The Balaban J connectivity index is 1.25. The fourth-order valence-electron chi connectivity index (χ4n) is 4.56. The monoisotopic (exact) mass is 603 g/mol. The van der Waals surface area contributed by atoms with Gasteiger partial charge in [-0.2, -0.15) is 4.68 Å². The molecule has 0 saturated carbocycles. The minimum atomic E-state index is -0.823. The Labute approximate surface area is 235 Å². The van der Waals surface area contributed by atoms with E-state index in [1.807, 2.05) is 30.3 Å². The molecule has 0 bridgehead atoms. The number of para-hydroxylation sites is 1. The molecule has 1 saturated heterocycles. The SMILES string of the molecule is O=C(NC1(c2ccc(Br)cc2)CN(C(=O)c2ccccc2-n2cnnn2)C1)c1cc(-c2ccc(Cl)cc2)on1. The van der Waals surface area contributed by atoms with Gasteiger partial charge in [0.2, 0.25) is 0 Å². The normalized spacial score (nSPS) is 14.1. The molecule has 0 unspecified atom stereocenters. The lowest BCUT2D eigenvalue weighted by molar-refractivity contribution is 0.0260. The molecule has 3 heterocycles. The smallest absolute Gasteiger partial charge is 0.274 e. The first-order valence-electron chi connectivity index (χ1n) is 11.8. The number of hydrogen-bond acceptors (Lipinski definition) is 7. The Kier molecular flexibility index (Phi) is 6.45. The summed E-state index contributed by atoms with van der Waals surface area (Å²) in [7, 11) is 0. The number of nitrogens with zero attached hydrogens (tertiary/aromatic N) is 6. The third kappa shape index (κ3) is 4.82. The van der Waals surface area contributed by atoms with Gasteiger partial charge in [-0.3, -0.25) is 9.59 Å². The maximum atomic E-state index is 13.5. The Morgan fingerprint density at radius 1 is 1.00 bits per heavy atom. The molecular formula is C27H19BrClN7O3.